The Morgan fingerprint density at radius 3 is 2.34 bits per heavy atom. The van der Waals surface area contributed by atoms with Crippen LogP contribution in [0, 0.1) is 0 Å². The third-order valence-corrected chi connectivity index (χ3v) is 6.24. The lowest BCUT2D eigenvalue weighted by atomic mass is 10.1. The first-order chi connectivity index (χ1) is 15.9. The van der Waals surface area contributed by atoms with Crippen LogP contribution in [-0.2, 0) is 0 Å². The number of aromatic nitrogens is 2. The molecule has 3 aromatic heterocycles. The largest absolute Gasteiger partial charge is 0.456 e. The molecule has 32 heavy (non-hydrogen) atoms. The number of furan rings is 1. The van der Waals surface area contributed by atoms with Crippen LogP contribution in [0.2, 0.25) is 0 Å². The van der Waals surface area contributed by atoms with Crippen LogP contribution in [0.3, 0.4) is 0 Å². The van der Waals surface area contributed by atoms with Gasteiger partial charge >= 0.3 is 0 Å². The maximum absolute atomic E-state index is 6.18. The number of pyridine rings is 1. The molecule has 3 heterocycles. The smallest absolute Gasteiger partial charge is 0.136 e. The van der Waals surface area contributed by atoms with Crippen molar-refractivity contribution in [1.29, 1.82) is 0 Å². The molecular formula is C29H18N2O. The number of fused-ring (bicyclic) bond motifs is 7. The Morgan fingerprint density at radius 1 is 0.594 bits per heavy atom. The third kappa shape index (κ3) is 2.39. The summed E-state index contributed by atoms with van der Waals surface area (Å²) in [5.74, 6) is 0. The van der Waals surface area contributed by atoms with Gasteiger partial charge in [0, 0.05) is 39.0 Å². The summed E-state index contributed by atoms with van der Waals surface area (Å²) in [7, 11) is 0. The molecule has 4 aromatic carbocycles. The van der Waals surface area contributed by atoms with E-state index in [-0.39, 0.29) is 0 Å². The van der Waals surface area contributed by atoms with Gasteiger partial charge in [-0.2, -0.15) is 0 Å². The second kappa shape index (κ2) is 6.56. The lowest BCUT2D eigenvalue weighted by molar-refractivity contribution is 0.669. The first-order valence-electron chi connectivity index (χ1n) is 10.7. The number of para-hydroxylation sites is 2. The van der Waals surface area contributed by atoms with Crippen molar-refractivity contribution in [3.63, 3.8) is 0 Å². The summed E-state index contributed by atoms with van der Waals surface area (Å²) in [5, 5.41) is 4.78. The molecule has 0 unspecified atom stereocenters. The minimum Gasteiger partial charge on any atom is -0.456 e. The number of benzene rings is 4. The van der Waals surface area contributed by atoms with Gasteiger partial charge in [0.2, 0.25) is 0 Å². The minimum atomic E-state index is 0.920. The molecule has 0 aliphatic rings. The van der Waals surface area contributed by atoms with Crippen LogP contribution < -0.4 is 0 Å². The fourth-order valence-corrected chi connectivity index (χ4v) is 4.89. The highest BCUT2D eigenvalue weighted by atomic mass is 16.3. The van der Waals surface area contributed by atoms with Crippen LogP contribution in [0.4, 0.5) is 0 Å². The van der Waals surface area contributed by atoms with Crippen molar-refractivity contribution in [1.82, 2.24) is 9.55 Å². The van der Waals surface area contributed by atoms with E-state index in [2.05, 4.69) is 82.3 Å². The van der Waals surface area contributed by atoms with Gasteiger partial charge in [-0.15, -0.1) is 0 Å². The topological polar surface area (TPSA) is 31.0 Å². The quantitative estimate of drug-likeness (QED) is 0.292. The molecule has 0 aliphatic heterocycles. The fraction of sp³-hybridized carbons (Fsp3) is 0. The molecule has 0 atom stereocenters. The van der Waals surface area contributed by atoms with Gasteiger partial charge in [0.25, 0.3) is 0 Å². The van der Waals surface area contributed by atoms with Crippen molar-refractivity contribution in [2.75, 3.05) is 0 Å². The van der Waals surface area contributed by atoms with Crippen molar-refractivity contribution in [2.24, 2.45) is 0 Å². The number of nitrogens with zero attached hydrogens (tertiary/aromatic N) is 2. The Morgan fingerprint density at radius 2 is 1.44 bits per heavy atom. The molecule has 7 aromatic rings. The van der Waals surface area contributed by atoms with Gasteiger partial charge in [-0.3, -0.25) is 4.98 Å². The van der Waals surface area contributed by atoms with Gasteiger partial charge in [0.05, 0.1) is 16.7 Å². The number of hydrogen-bond acceptors (Lipinski definition) is 2. The molecule has 0 N–H and O–H groups in total. The predicted molar refractivity (Wildman–Crippen MR) is 131 cm³/mol. The first kappa shape index (κ1) is 17.3. The van der Waals surface area contributed by atoms with Crippen molar-refractivity contribution >= 4 is 43.7 Å². The summed E-state index contributed by atoms with van der Waals surface area (Å²) < 4.78 is 8.53. The predicted octanol–water partition coefficient (Wildman–Crippen LogP) is 7.75. The highest BCUT2D eigenvalue weighted by Gasteiger charge is 2.18. The van der Waals surface area contributed by atoms with Crippen LogP contribution in [0.25, 0.3) is 60.7 Å². The van der Waals surface area contributed by atoms with E-state index >= 15 is 0 Å². The molecule has 0 saturated heterocycles. The van der Waals surface area contributed by atoms with E-state index in [1.165, 1.54) is 27.2 Å². The van der Waals surface area contributed by atoms with Crippen LogP contribution in [0.15, 0.2) is 114 Å². The Labute approximate surface area is 184 Å². The minimum absolute atomic E-state index is 0.920. The molecule has 0 fully saturated rings. The summed E-state index contributed by atoms with van der Waals surface area (Å²) in [4.78, 5) is 4.54. The standard InChI is InChI=1S/C29H18N2O/c1-3-13-24-21(10-1)28-25(15-16-27-29(28)22-11-2-4-14-26(22)32-27)31(24)20-9-7-8-19(18-20)23-12-5-6-17-30-23/h1-18H. The van der Waals surface area contributed by atoms with Gasteiger partial charge in [0.1, 0.15) is 11.2 Å². The summed E-state index contributed by atoms with van der Waals surface area (Å²) >= 11 is 0. The van der Waals surface area contributed by atoms with Gasteiger partial charge in [-0.1, -0.05) is 54.6 Å². The number of rotatable bonds is 2. The lowest BCUT2D eigenvalue weighted by Gasteiger charge is -2.10. The summed E-state index contributed by atoms with van der Waals surface area (Å²) in [6, 6.07) is 35.8. The average Bonchev–Trinajstić information content (AvgIpc) is 3.40. The van der Waals surface area contributed by atoms with Crippen molar-refractivity contribution in [3.8, 4) is 16.9 Å². The molecule has 0 aliphatic carbocycles. The highest BCUT2D eigenvalue weighted by Crippen LogP contribution is 2.41. The molecule has 0 spiro atoms. The first-order valence-corrected chi connectivity index (χ1v) is 10.7. The van der Waals surface area contributed by atoms with Crippen molar-refractivity contribution in [3.05, 3.63) is 109 Å². The van der Waals surface area contributed by atoms with Gasteiger partial charge in [-0.25, -0.2) is 0 Å². The summed E-state index contributed by atoms with van der Waals surface area (Å²) in [6.07, 6.45) is 1.84. The molecule has 3 nitrogen and oxygen atoms in total. The summed E-state index contributed by atoms with van der Waals surface area (Å²) in [6.45, 7) is 0. The molecule has 3 heteroatoms. The highest BCUT2D eigenvalue weighted by molar-refractivity contribution is 6.27. The van der Waals surface area contributed by atoms with Crippen LogP contribution in [0.5, 0.6) is 0 Å². The Balaban J connectivity index is 1.61. The Bertz CT molecular complexity index is 1770. The average molecular weight is 410 g/mol. The zero-order chi connectivity index (χ0) is 21.1. The number of hydrogen-bond donors (Lipinski definition) is 0. The second-order valence-corrected chi connectivity index (χ2v) is 8.05. The van der Waals surface area contributed by atoms with Crippen LogP contribution in [0.1, 0.15) is 0 Å². The second-order valence-electron chi connectivity index (χ2n) is 8.05. The zero-order valence-electron chi connectivity index (χ0n) is 17.2. The normalized spacial score (nSPS) is 11.8. The van der Waals surface area contributed by atoms with E-state index in [9.17, 15) is 0 Å². The van der Waals surface area contributed by atoms with E-state index < -0.39 is 0 Å². The van der Waals surface area contributed by atoms with Gasteiger partial charge < -0.3 is 8.98 Å². The van der Waals surface area contributed by atoms with E-state index in [1.807, 2.05) is 36.5 Å². The molecule has 0 amide bonds. The Kier molecular flexibility index (Phi) is 3.55. The van der Waals surface area contributed by atoms with Crippen LogP contribution >= 0.6 is 0 Å². The van der Waals surface area contributed by atoms with Gasteiger partial charge in [0.15, 0.2) is 0 Å². The van der Waals surface area contributed by atoms with Crippen molar-refractivity contribution in [2.45, 2.75) is 0 Å². The maximum atomic E-state index is 6.18. The van der Waals surface area contributed by atoms with E-state index in [0.29, 0.717) is 0 Å². The third-order valence-electron chi connectivity index (χ3n) is 6.24. The van der Waals surface area contributed by atoms with Gasteiger partial charge in [-0.05, 0) is 48.5 Å². The molecule has 150 valence electrons. The fourth-order valence-electron chi connectivity index (χ4n) is 4.89. The molecule has 7 rings (SSSR count). The summed E-state index contributed by atoms with van der Waals surface area (Å²) in [5.41, 5.74) is 7.38. The molecule has 0 saturated carbocycles. The zero-order valence-corrected chi connectivity index (χ0v) is 17.2. The van der Waals surface area contributed by atoms with Crippen molar-refractivity contribution < 1.29 is 4.42 Å². The Hall–Kier alpha value is -4.37. The lowest BCUT2D eigenvalue weighted by Crippen LogP contribution is -1.94. The molecule has 0 radical (unpaired) electrons. The SMILES string of the molecule is c1ccc(-c2cccc(-n3c4ccccc4c4c5c(ccc43)oc3ccccc35)c2)nc1. The molecular weight excluding hydrogens is 392 g/mol. The van der Waals surface area contributed by atoms with E-state index in [1.54, 1.807) is 0 Å². The van der Waals surface area contributed by atoms with E-state index in [4.69, 9.17) is 4.42 Å². The van der Waals surface area contributed by atoms with Crippen LogP contribution in [-0.4, -0.2) is 9.55 Å². The molecule has 0 bridgehead atoms. The maximum Gasteiger partial charge on any atom is 0.136 e. The monoisotopic (exact) mass is 410 g/mol. The van der Waals surface area contributed by atoms with E-state index in [0.717, 1.165) is 33.5 Å².